The molecule has 0 atom stereocenters. The molecule has 1 aromatic heterocycles. The highest BCUT2D eigenvalue weighted by Crippen LogP contribution is 2.30. The van der Waals surface area contributed by atoms with Crippen LogP contribution in [0.5, 0.6) is 0 Å². The molecule has 0 fully saturated rings. The summed E-state index contributed by atoms with van der Waals surface area (Å²) in [6.45, 7) is 6.13. The molecule has 0 bridgehead atoms. The maximum absolute atomic E-state index is 13.5. The first-order valence-electron chi connectivity index (χ1n) is 10.1. The lowest BCUT2D eigenvalue weighted by atomic mass is 9.99. The molecule has 156 valence electrons. The standard InChI is InChI=1S/C26H22BrClN2O/c1-4-17-13-19(27)7-10-23(17)30-26(31)22-14-24(18-5-8-20(28)9-6-18)29-25-16(3)11-15(2)12-21(22)25/h5-14H,4H2,1-3H3,(H,30,31). The van der Waals surface area contributed by atoms with E-state index in [0.29, 0.717) is 10.6 Å². The van der Waals surface area contributed by atoms with Gasteiger partial charge in [-0.3, -0.25) is 4.79 Å². The van der Waals surface area contributed by atoms with Crippen molar-refractivity contribution < 1.29 is 4.79 Å². The number of hydrogen-bond donors (Lipinski definition) is 1. The summed E-state index contributed by atoms with van der Waals surface area (Å²) in [5, 5.41) is 4.63. The first-order chi connectivity index (χ1) is 14.9. The summed E-state index contributed by atoms with van der Waals surface area (Å²) in [6.07, 6.45) is 0.820. The number of fused-ring (bicyclic) bond motifs is 1. The molecule has 0 spiro atoms. The van der Waals surface area contributed by atoms with Crippen LogP contribution in [0.1, 0.15) is 34.0 Å². The van der Waals surface area contributed by atoms with Gasteiger partial charge in [0.15, 0.2) is 0 Å². The van der Waals surface area contributed by atoms with Crippen LogP contribution in [0.2, 0.25) is 5.02 Å². The summed E-state index contributed by atoms with van der Waals surface area (Å²) in [4.78, 5) is 18.4. The number of halogens is 2. The average Bonchev–Trinajstić information content (AvgIpc) is 2.75. The van der Waals surface area contributed by atoms with Gasteiger partial charge in [0.05, 0.1) is 16.8 Å². The molecule has 5 heteroatoms. The average molecular weight is 494 g/mol. The lowest BCUT2D eigenvalue weighted by Crippen LogP contribution is -2.14. The fraction of sp³-hybridized carbons (Fsp3) is 0.154. The molecule has 1 heterocycles. The van der Waals surface area contributed by atoms with E-state index in [1.54, 1.807) is 0 Å². The van der Waals surface area contributed by atoms with Gasteiger partial charge in [-0.05, 0) is 73.9 Å². The van der Waals surface area contributed by atoms with Crippen molar-refractivity contribution in [1.29, 1.82) is 0 Å². The number of hydrogen-bond acceptors (Lipinski definition) is 2. The largest absolute Gasteiger partial charge is 0.322 e. The van der Waals surface area contributed by atoms with Crippen LogP contribution >= 0.6 is 27.5 Å². The molecule has 3 nitrogen and oxygen atoms in total. The zero-order chi connectivity index (χ0) is 22.1. The molecule has 0 aliphatic carbocycles. The van der Waals surface area contributed by atoms with Gasteiger partial charge in [-0.15, -0.1) is 0 Å². The number of nitrogens with one attached hydrogen (secondary N) is 1. The Morgan fingerprint density at radius 2 is 1.77 bits per heavy atom. The quantitative estimate of drug-likeness (QED) is 0.316. The minimum atomic E-state index is -0.148. The van der Waals surface area contributed by atoms with Crippen LogP contribution in [-0.2, 0) is 6.42 Å². The third-order valence-corrected chi connectivity index (χ3v) is 6.07. The molecule has 0 aliphatic heterocycles. The van der Waals surface area contributed by atoms with Crippen LogP contribution in [0.25, 0.3) is 22.2 Å². The Hall–Kier alpha value is -2.69. The van der Waals surface area contributed by atoms with Crippen LogP contribution < -0.4 is 5.32 Å². The van der Waals surface area contributed by atoms with Gasteiger partial charge in [-0.25, -0.2) is 4.98 Å². The number of amides is 1. The Morgan fingerprint density at radius 1 is 1.03 bits per heavy atom. The number of benzene rings is 3. The molecule has 0 saturated carbocycles. The highest BCUT2D eigenvalue weighted by atomic mass is 79.9. The third-order valence-electron chi connectivity index (χ3n) is 5.33. The van der Waals surface area contributed by atoms with Gasteiger partial charge in [0.25, 0.3) is 5.91 Å². The van der Waals surface area contributed by atoms with Crippen LogP contribution in [0.4, 0.5) is 5.69 Å². The normalized spacial score (nSPS) is 11.0. The SMILES string of the molecule is CCc1cc(Br)ccc1NC(=O)c1cc(-c2ccc(Cl)cc2)nc2c(C)cc(C)cc12. The summed E-state index contributed by atoms with van der Waals surface area (Å²) in [5.74, 6) is -0.148. The predicted molar refractivity (Wildman–Crippen MR) is 133 cm³/mol. The van der Waals surface area contributed by atoms with Crippen molar-refractivity contribution in [2.75, 3.05) is 5.32 Å². The van der Waals surface area contributed by atoms with E-state index in [9.17, 15) is 4.79 Å². The molecule has 1 N–H and O–H groups in total. The maximum Gasteiger partial charge on any atom is 0.256 e. The van der Waals surface area contributed by atoms with E-state index in [0.717, 1.165) is 55.4 Å². The van der Waals surface area contributed by atoms with E-state index in [-0.39, 0.29) is 5.91 Å². The molecule has 0 radical (unpaired) electrons. The molecular weight excluding hydrogens is 472 g/mol. The Labute approximate surface area is 195 Å². The fourth-order valence-electron chi connectivity index (χ4n) is 3.80. The summed E-state index contributed by atoms with van der Waals surface area (Å²) in [7, 11) is 0. The van der Waals surface area contributed by atoms with Gasteiger partial charge in [-0.2, -0.15) is 0 Å². The summed E-state index contributed by atoms with van der Waals surface area (Å²) >= 11 is 9.57. The van der Waals surface area contributed by atoms with Crippen molar-refractivity contribution in [2.24, 2.45) is 0 Å². The van der Waals surface area contributed by atoms with E-state index in [1.165, 1.54) is 0 Å². The van der Waals surface area contributed by atoms with Crippen molar-refractivity contribution in [2.45, 2.75) is 27.2 Å². The van der Waals surface area contributed by atoms with E-state index in [1.807, 2.05) is 68.4 Å². The minimum absolute atomic E-state index is 0.148. The van der Waals surface area contributed by atoms with Crippen LogP contribution in [0.15, 0.2) is 65.1 Å². The summed E-state index contributed by atoms with van der Waals surface area (Å²) in [5.41, 5.74) is 7.12. The Balaban J connectivity index is 1.87. The maximum atomic E-state index is 13.5. The monoisotopic (exact) mass is 492 g/mol. The Morgan fingerprint density at radius 3 is 2.48 bits per heavy atom. The molecule has 4 aromatic rings. The Kier molecular flexibility index (Phi) is 6.12. The number of pyridine rings is 1. The second-order valence-electron chi connectivity index (χ2n) is 7.65. The van der Waals surface area contributed by atoms with Crippen LogP contribution in [0.3, 0.4) is 0 Å². The lowest BCUT2D eigenvalue weighted by Gasteiger charge is -2.15. The first-order valence-corrected chi connectivity index (χ1v) is 11.3. The predicted octanol–water partition coefficient (Wildman–Crippen LogP) is 7.75. The van der Waals surface area contributed by atoms with E-state index < -0.39 is 0 Å². The molecule has 0 unspecified atom stereocenters. The second-order valence-corrected chi connectivity index (χ2v) is 9.00. The van der Waals surface area contributed by atoms with E-state index in [4.69, 9.17) is 16.6 Å². The number of aryl methyl sites for hydroxylation is 3. The van der Waals surface area contributed by atoms with Crippen LogP contribution in [-0.4, -0.2) is 10.9 Å². The lowest BCUT2D eigenvalue weighted by molar-refractivity contribution is 0.102. The zero-order valence-corrected chi connectivity index (χ0v) is 19.9. The molecule has 3 aromatic carbocycles. The topological polar surface area (TPSA) is 42.0 Å². The number of aromatic nitrogens is 1. The number of anilines is 1. The second kappa shape index (κ2) is 8.81. The fourth-order valence-corrected chi connectivity index (χ4v) is 4.34. The van der Waals surface area contributed by atoms with E-state index >= 15 is 0 Å². The van der Waals surface area contributed by atoms with Crippen molar-refractivity contribution in [3.05, 3.63) is 92.4 Å². The summed E-state index contributed by atoms with van der Waals surface area (Å²) < 4.78 is 0.994. The minimum Gasteiger partial charge on any atom is -0.322 e. The van der Waals surface area contributed by atoms with Crippen molar-refractivity contribution in [1.82, 2.24) is 4.98 Å². The highest BCUT2D eigenvalue weighted by Gasteiger charge is 2.17. The molecule has 4 rings (SSSR count). The van der Waals surface area contributed by atoms with Crippen molar-refractivity contribution >= 4 is 50.0 Å². The van der Waals surface area contributed by atoms with Crippen LogP contribution in [0, 0.1) is 13.8 Å². The smallest absolute Gasteiger partial charge is 0.256 e. The number of rotatable bonds is 4. The van der Waals surface area contributed by atoms with Crippen molar-refractivity contribution in [3.8, 4) is 11.3 Å². The molecule has 31 heavy (non-hydrogen) atoms. The number of nitrogens with zero attached hydrogens (tertiary/aromatic N) is 1. The third kappa shape index (κ3) is 4.51. The molecule has 0 saturated heterocycles. The first kappa shape index (κ1) is 21.5. The molecule has 1 amide bonds. The van der Waals surface area contributed by atoms with Gasteiger partial charge >= 0.3 is 0 Å². The zero-order valence-electron chi connectivity index (χ0n) is 17.6. The Bertz CT molecular complexity index is 1300. The molecule has 0 aliphatic rings. The number of carbonyl (C=O) groups is 1. The molecular formula is C26H22BrClN2O. The van der Waals surface area contributed by atoms with E-state index in [2.05, 4.69) is 34.2 Å². The van der Waals surface area contributed by atoms with Gasteiger partial charge in [0.1, 0.15) is 0 Å². The van der Waals surface area contributed by atoms with Crippen molar-refractivity contribution in [3.63, 3.8) is 0 Å². The van der Waals surface area contributed by atoms with Gasteiger partial charge in [0.2, 0.25) is 0 Å². The number of carbonyl (C=O) groups excluding carboxylic acids is 1. The van der Waals surface area contributed by atoms with Gasteiger partial charge in [-0.1, -0.05) is 58.2 Å². The van der Waals surface area contributed by atoms with Gasteiger partial charge < -0.3 is 5.32 Å². The highest BCUT2D eigenvalue weighted by molar-refractivity contribution is 9.10. The summed E-state index contributed by atoms with van der Waals surface area (Å²) in [6, 6.07) is 19.4. The van der Waals surface area contributed by atoms with Gasteiger partial charge in [0, 0.05) is 26.1 Å².